The summed E-state index contributed by atoms with van der Waals surface area (Å²) in [5.74, 6) is 0. The van der Waals surface area contributed by atoms with E-state index >= 15 is 0 Å². The van der Waals surface area contributed by atoms with Crippen LogP contribution in [0.1, 0.15) is 45.1 Å². The van der Waals surface area contributed by atoms with E-state index in [1.54, 1.807) is 0 Å². The van der Waals surface area contributed by atoms with E-state index in [4.69, 9.17) is 10.00 Å². The quantitative estimate of drug-likeness (QED) is 0.814. The van der Waals surface area contributed by atoms with E-state index in [2.05, 4.69) is 41.8 Å². The van der Waals surface area contributed by atoms with Crippen molar-refractivity contribution in [2.24, 2.45) is 0 Å². The number of hydrogen-bond acceptors (Lipinski definition) is 4. The zero-order valence-electron chi connectivity index (χ0n) is 15.4. The van der Waals surface area contributed by atoms with Crippen LogP contribution in [-0.2, 0) is 4.74 Å². The Balaban J connectivity index is 0.00000225. The van der Waals surface area contributed by atoms with E-state index in [9.17, 15) is 0 Å². The van der Waals surface area contributed by atoms with Crippen LogP contribution < -0.4 is 4.90 Å². The van der Waals surface area contributed by atoms with Gasteiger partial charge < -0.3 is 14.5 Å². The maximum atomic E-state index is 8.89. The fraction of sp³-hybridized carbons (Fsp3) is 0.650. The molecule has 2 heterocycles. The molecule has 0 atom stereocenters. The molecule has 3 rings (SSSR count). The number of ether oxygens (including phenoxy) is 1. The van der Waals surface area contributed by atoms with E-state index < -0.39 is 0 Å². The Kier molecular flexibility index (Phi) is 7.56. The van der Waals surface area contributed by atoms with Crippen molar-refractivity contribution in [1.82, 2.24) is 4.90 Å². The molecule has 0 radical (unpaired) electrons. The molecule has 0 N–H and O–H groups in total. The number of likely N-dealkylation sites (tertiary alicyclic amines) is 1. The third-order valence-electron chi connectivity index (χ3n) is 5.40. The van der Waals surface area contributed by atoms with Gasteiger partial charge in [0.05, 0.1) is 23.8 Å². The minimum absolute atomic E-state index is 0. The van der Waals surface area contributed by atoms with Crippen LogP contribution in [0.2, 0.25) is 0 Å². The summed E-state index contributed by atoms with van der Waals surface area (Å²) in [7, 11) is 0. The summed E-state index contributed by atoms with van der Waals surface area (Å²) in [5, 5.41) is 8.89. The number of benzene rings is 1. The summed E-state index contributed by atoms with van der Waals surface area (Å²) in [6.07, 6.45) is 5.42. The fourth-order valence-electron chi connectivity index (χ4n) is 3.80. The number of rotatable bonds is 4. The van der Waals surface area contributed by atoms with Crippen molar-refractivity contribution in [2.45, 2.75) is 57.8 Å². The molecule has 1 aromatic carbocycles. The number of hydrogen-bond donors (Lipinski definition) is 0. The van der Waals surface area contributed by atoms with Gasteiger partial charge in [-0.3, -0.25) is 0 Å². The minimum atomic E-state index is 0. The van der Waals surface area contributed by atoms with Gasteiger partial charge in [0.25, 0.3) is 0 Å². The molecule has 0 spiro atoms. The standard InChI is InChI=1S/C20H29N3O.ClH/c1-16(2)22-11-7-19(8-12-22)24-20-9-13-23(14-10-20)18-5-3-17(15-21)4-6-18;/h3-6,16,19-20H,7-14H2,1-2H3;1H. The molecular formula is C20H30ClN3O. The number of halogens is 1. The molecule has 2 aliphatic rings. The van der Waals surface area contributed by atoms with Crippen molar-refractivity contribution in [3.63, 3.8) is 0 Å². The first-order valence-electron chi connectivity index (χ1n) is 9.30. The van der Waals surface area contributed by atoms with Crippen molar-refractivity contribution < 1.29 is 4.74 Å². The van der Waals surface area contributed by atoms with E-state index in [1.165, 1.54) is 31.6 Å². The Labute approximate surface area is 158 Å². The Morgan fingerprint density at radius 3 is 1.96 bits per heavy atom. The molecule has 0 aromatic heterocycles. The van der Waals surface area contributed by atoms with Gasteiger partial charge in [0.1, 0.15) is 0 Å². The topological polar surface area (TPSA) is 39.5 Å². The average Bonchev–Trinajstić information content (AvgIpc) is 2.63. The van der Waals surface area contributed by atoms with Gasteiger partial charge in [-0.05, 0) is 63.8 Å². The lowest BCUT2D eigenvalue weighted by molar-refractivity contribution is -0.0540. The fourth-order valence-corrected chi connectivity index (χ4v) is 3.80. The second-order valence-electron chi connectivity index (χ2n) is 7.31. The van der Waals surface area contributed by atoms with Gasteiger partial charge in [-0.2, -0.15) is 5.26 Å². The smallest absolute Gasteiger partial charge is 0.0991 e. The molecule has 5 heteroatoms. The van der Waals surface area contributed by atoms with Gasteiger partial charge in [-0.1, -0.05) is 0 Å². The van der Waals surface area contributed by atoms with Gasteiger partial charge in [0.15, 0.2) is 0 Å². The average molecular weight is 364 g/mol. The van der Waals surface area contributed by atoms with E-state index in [0.29, 0.717) is 18.2 Å². The molecule has 2 saturated heterocycles. The zero-order chi connectivity index (χ0) is 16.9. The van der Waals surface area contributed by atoms with Crippen molar-refractivity contribution in [3.8, 4) is 6.07 Å². The molecule has 2 aliphatic heterocycles. The van der Waals surface area contributed by atoms with Gasteiger partial charge in [0.2, 0.25) is 0 Å². The molecule has 0 amide bonds. The van der Waals surface area contributed by atoms with Crippen LogP contribution in [0.4, 0.5) is 5.69 Å². The van der Waals surface area contributed by atoms with Crippen molar-refractivity contribution in [3.05, 3.63) is 29.8 Å². The molecule has 0 bridgehead atoms. The summed E-state index contributed by atoms with van der Waals surface area (Å²) in [6.45, 7) is 8.99. The first-order valence-corrected chi connectivity index (χ1v) is 9.30. The molecule has 0 saturated carbocycles. The second kappa shape index (κ2) is 9.43. The number of anilines is 1. The second-order valence-corrected chi connectivity index (χ2v) is 7.31. The lowest BCUT2D eigenvalue weighted by Gasteiger charge is -2.38. The maximum absolute atomic E-state index is 8.89. The molecule has 0 unspecified atom stereocenters. The highest BCUT2D eigenvalue weighted by atomic mass is 35.5. The maximum Gasteiger partial charge on any atom is 0.0991 e. The Morgan fingerprint density at radius 1 is 0.960 bits per heavy atom. The highest BCUT2D eigenvalue weighted by Crippen LogP contribution is 2.25. The number of piperidine rings is 2. The lowest BCUT2D eigenvalue weighted by atomic mass is 10.0. The highest BCUT2D eigenvalue weighted by Gasteiger charge is 2.26. The summed E-state index contributed by atoms with van der Waals surface area (Å²) >= 11 is 0. The predicted molar refractivity (Wildman–Crippen MR) is 104 cm³/mol. The Morgan fingerprint density at radius 2 is 1.48 bits per heavy atom. The Hall–Kier alpha value is -1.28. The molecule has 138 valence electrons. The first kappa shape index (κ1) is 20.0. The molecule has 0 aliphatic carbocycles. The largest absolute Gasteiger partial charge is 0.375 e. The SMILES string of the molecule is CC(C)N1CCC(OC2CCN(c3ccc(C#N)cc3)CC2)CC1.Cl. The van der Waals surface area contributed by atoms with Crippen LogP contribution >= 0.6 is 12.4 Å². The van der Waals surface area contributed by atoms with Gasteiger partial charge in [0, 0.05) is 37.9 Å². The van der Waals surface area contributed by atoms with E-state index in [-0.39, 0.29) is 12.4 Å². The van der Waals surface area contributed by atoms with Crippen LogP contribution in [0, 0.1) is 11.3 Å². The zero-order valence-corrected chi connectivity index (χ0v) is 16.2. The molecule has 2 fully saturated rings. The molecule has 1 aromatic rings. The van der Waals surface area contributed by atoms with Crippen LogP contribution in [0.3, 0.4) is 0 Å². The van der Waals surface area contributed by atoms with Crippen LogP contribution in [-0.4, -0.2) is 49.3 Å². The van der Waals surface area contributed by atoms with E-state index in [0.717, 1.165) is 31.5 Å². The van der Waals surface area contributed by atoms with Crippen LogP contribution in [0.5, 0.6) is 0 Å². The highest BCUT2D eigenvalue weighted by molar-refractivity contribution is 5.85. The summed E-state index contributed by atoms with van der Waals surface area (Å²) in [6, 6.07) is 10.8. The van der Waals surface area contributed by atoms with E-state index in [1.807, 2.05) is 12.1 Å². The van der Waals surface area contributed by atoms with Gasteiger partial charge >= 0.3 is 0 Å². The monoisotopic (exact) mass is 363 g/mol. The minimum Gasteiger partial charge on any atom is -0.375 e. The van der Waals surface area contributed by atoms with Crippen molar-refractivity contribution in [1.29, 1.82) is 5.26 Å². The van der Waals surface area contributed by atoms with Crippen LogP contribution in [0.15, 0.2) is 24.3 Å². The van der Waals surface area contributed by atoms with Gasteiger partial charge in [-0.25, -0.2) is 0 Å². The lowest BCUT2D eigenvalue weighted by Crippen LogP contribution is -2.43. The first-order chi connectivity index (χ1) is 11.7. The summed E-state index contributed by atoms with van der Waals surface area (Å²) in [5.41, 5.74) is 1.95. The van der Waals surface area contributed by atoms with Gasteiger partial charge in [-0.15, -0.1) is 12.4 Å². The summed E-state index contributed by atoms with van der Waals surface area (Å²) in [4.78, 5) is 4.95. The number of nitriles is 1. The van der Waals surface area contributed by atoms with Crippen molar-refractivity contribution >= 4 is 18.1 Å². The predicted octanol–water partition coefficient (Wildman–Crippen LogP) is 3.84. The number of nitrogens with zero attached hydrogens (tertiary/aromatic N) is 3. The molecule has 4 nitrogen and oxygen atoms in total. The van der Waals surface area contributed by atoms with Crippen LogP contribution in [0.25, 0.3) is 0 Å². The molecule has 25 heavy (non-hydrogen) atoms. The third kappa shape index (κ3) is 5.34. The van der Waals surface area contributed by atoms with Crippen molar-refractivity contribution in [2.75, 3.05) is 31.1 Å². The summed E-state index contributed by atoms with van der Waals surface area (Å²) < 4.78 is 6.38. The normalized spacial score (nSPS) is 20.3. The third-order valence-corrected chi connectivity index (χ3v) is 5.40. The molecular weight excluding hydrogens is 334 g/mol. The Bertz CT molecular complexity index is 553.